The second kappa shape index (κ2) is 8.31. The maximum absolute atomic E-state index is 13.0. The van der Waals surface area contributed by atoms with E-state index in [-0.39, 0.29) is 17.4 Å². The normalized spacial score (nSPS) is 15.5. The number of anilines is 2. The first kappa shape index (κ1) is 21.9. The molecule has 0 saturated heterocycles. The number of carbonyl (C=O) groups is 1. The Morgan fingerprint density at radius 1 is 0.969 bits per heavy atom. The Balaban J connectivity index is 1.61. The Labute approximate surface area is 188 Å². The molecule has 0 unspecified atom stereocenters. The molecule has 0 bridgehead atoms. The summed E-state index contributed by atoms with van der Waals surface area (Å²) in [4.78, 5) is 14.7. The van der Waals surface area contributed by atoms with E-state index in [9.17, 15) is 13.2 Å². The molecule has 1 aliphatic heterocycles. The van der Waals surface area contributed by atoms with E-state index in [1.165, 1.54) is 0 Å². The van der Waals surface area contributed by atoms with E-state index in [1.54, 1.807) is 47.4 Å². The number of carbonyl (C=O) groups excluding carboxylic acids is 1. The molecule has 3 aromatic carbocycles. The Bertz CT molecular complexity index is 1240. The molecule has 1 heterocycles. The van der Waals surface area contributed by atoms with Crippen LogP contribution in [0.1, 0.15) is 20.8 Å². The van der Waals surface area contributed by atoms with Gasteiger partial charge < -0.3 is 9.64 Å². The highest BCUT2D eigenvalue weighted by Gasteiger charge is 2.37. The maximum Gasteiger partial charge on any atom is 0.261 e. The number of nitrogens with one attached hydrogen (secondary N) is 1. The van der Waals surface area contributed by atoms with E-state index in [2.05, 4.69) is 4.72 Å². The SMILES string of the molecule is CCN1C(=O)C(C)(C)COc2ccc(NS(=O)(=O)c3ccc(-c4ccccc4)cc3)cc21. The van der Waals surface area contributed by atoms with E-state index < -0.39 is 15.4 Å². The van der Waals surface area contributed by atoms with E-state index in [4.69, 9.17) is 4.74 Å². The van der Waals surface area contributed by atoms with Gasteiger partial charge in [-0.3, -0.25) is 9.52 Å². The quantitative estimate of drug-likeness (QED) is 0.598. The van der Waals surface area contributed by atoms with Crippen LogP contribution in [0.15, 0.2) is 77.7 Å². The summed E-state index contributed by atoms with van der Waals surface area (Å²) in [6, 6.07) is 21.5. The number of sulfonamides is 1. The van der Waals surface area contributed by atoms with Gasteiger partial charge in [-0.25, -0.2) is 8.42 Å². The second-order valence-corrected chi connectivity index (χ2v) is 10.1. The summed E-state index contributed by atoms with van der Waals surface area (Å²) in [5.41, 5.74) is 2.21. The van der Waals surface area contributed by atoms with Gasteiger partial charge in [0, 0.05) is 6.54 Å². The zero-order chi connectivity index (χ0) is 22.9. The molecule has 4 rings (SSSR count). The lowest BCUT2D eigenvalue weighted by Gasteiger charge is -2.27. The number of ether oxygens (including phenoxy) is 1. The topological polar surface area (TPSA) is 75.7 Å². The van der Waals surface area contributed by atoms with Crippen LogP contribution in [0.4, 0.5) is 11.4 Å². The van der Waals surface area contributed by atoms with Crippen LogP contribution < -0.4 is 14.4 Å². The molecule has 0 aromatic heterocycles. The van der Waals surface area contributed by atoms with Gasteiger partial charge in [0.25, 0.3) is 10.0 Å². The lowest BCUT2D eigenvalue weighted by atomic mass is 9.93. The number of amides is 1. The highest BCUT2D eigenvalue weighted by Crippen LogP contribution is 2.38. The largest absolute Gasteiger partial charge is 0.490 e. The highest BCUT2D eigenvalue weighted by atomic mass is 32.2. The molecule has 166 valence electrons. The van der Waals surface area contributed by atoms with Crippen molar-refractivity contribution in [3.63, 3.8) is 0 Å². The average molecular weight is 451 g/mol. The first-order chi connectivity index (χ1) is 15.2. The predicted octanol–water partition coefficient (Wildman–Crippen LogP) is 4.93. The van der Waals surface area contributed by atoms with Gasteiger partial charge >= 0.3 is 0 Å². The summed E-state index contributed by atoms with van der Waals surface area (Å²) >= 11 is 0. The van der Waals surface area contributed by atoms with Gasteiger partial charge in [-0.2, -0.15) is 0 Å². The van der Waals surface area contributed by atoms with Crippen molar-refractivity contribution in [3.05, 3.63) is 72.8 Å². The molecule has 32 heavy (non-hydrogen) atoms. The predicted molar refractivity (Wildman–Crippen MR) is 126 cm³/mol. The van der Waals surface area contributed by atoms with E-state index in [0.29, 0.717) is 23.7 Å². The zero-order valence-electron chi connectivity index (χ0n) is 18.3. The van der Waals surface area contributed by atoms with Gasteiger partial charge in [-0.15, -0.1) is 0 Å². The van der Waals surface area contributed by atoms with Crippen LogP contribution in [0.3, 0.4) is 0 Å². The van der Waals surface area contributed by atoms with Crippen LogP contribution in [-0.4, -0.2) is 27.5 Å². The monoisotopic (exact) mass is 450 g/mol. The minimum atomic E-state index is -3.80. The number of nitrogens with zero attached hydrogens (tertiary/aromatic N) is 1. The molecule has 1 N–H and O–H groups in total. The first-order valence-corrected chi connectivity index (χ1v) is 12.0. The fourth-order valence-corrected chi connectivity index (χ4v) is 4.74. The van der Waals surface area contributed by atoms with Gasteiger partial charge in [0.05, 0.1) is 21.7 Å². The van der Waals surface area contributed by atoms with Crippen molar-refractivity contribution in [1.29, 1.82) is 0 Å². The Kier molecular flexibility index (Phi) is 5.69. The average Bonchev–Trinajstić information content (AvgIpc) is 2.88. The molecule has 0 spiro atoms. The van der Waals surface area contributed by atoms with E-state index >= 15 is 0 Å². The summed E-state index contributed by atoms with van der Waals surface area (Å²) in [7, 11) is -3.80. The molecular weight excluding hydrogens is 424 g/mol. The molecule has 1 amide bonds. The smallest absolute Gasteiger partial charge is 0.261 e. The molecule has 0 aliphatic carbocycles. The van der Waals surface area contributed by atoms with Crippen molar-refractivity contribution >= 4 is 27.3 Å². The van der Waals surface area contributed by atoms with Gasteiger partial charge in [-0.05, 0) is 62.2 Å². The number of hydrogen-bond acceptors (Lipinski definition) is 4. The number of hydrogen-bond donors (Lipinski definition) is 1. The molecule has 7 heteroatoms. The summed E-state index contributed by atoms with van der Waals surface area (Å²) < 4.78 is 34.4. The summed E-state index contributed by atoms with van der Waals surface area (Å²) in [5.74, 6) is 0.496. The molecule has 0 fully saturated rings. The third-order valence-electron chi connectivity index (χ3n) is 5.50. The van der Waals surface area contributed by atoms with Crippen LogP contribution >= 0.6 is 0 Å². The Hall–Kier alpha value is -3.32. The third kappa shape index (κ3) is 4.21. The van der Waals surface area contributed by atoms with Crippen molar-refractivity contribution in [2.24, 2.45) is 5.41 Å². The zero-order valence-corrected chi connectivity index (χ0v) is 19.1. The Morgan fingerprint density at radius 2 is 1.62 bits per heavy atom. The molecule has 1 aliphatic rings. The molecule has 0 atom stereocenters. The fraction of sp³-hybridized carbons (Fsp3) is 0.240. The van der Waals surface area contributed by atoms with Gasteiger partial charge in [0.2, 0.25) is 5.91 Å². The molecular formula is C25H26N2O4S. The minimum Gasteiger partial charge on any atom is -0.490 e. The van der Waals surface area contributed by atoms with Crippen LogP contribution in [0.2, 0.25) is 0 Å². The van der Waals surface area contributed by atoms with Crippen molar-refractivity contribution in [2.75, 3.05) is 22.8 Å². The van der Waals surface area contributed by atoms with Crippen LogP contribution in [0.25, 0.3) is 11.1 Å². The molecule has 3 aromatic rings. The molecule has 0 radical (unpaired) electrons. The van der Waals surface area contributed by atoms with Crippen LogP contribution in [0, 0.1) is 5.41 Å². The van der Waals surface area contributed by atoms with Crippen LogP contribution in [-0.2, 0) is 14.8 Å². The maximum atomic E-state index is 13.0. The summed E-state index contributed by atoms with van der Waals surface area (Å²) in [5, 5.41) is 0. The first-order valence-electron chi connectivity index (χ1n) is 10.5. The van der Waals surface area contributed by atoms with Crippen molar-refractivity contribution in [2.45, 2.75) is 25.7 Å². The van der Waals surface area contributed by atoms with Crippen molar-refractivity contribution in [1.82, 2.24) is 0 Å². The van der Waals surface area contributed by atoms with E-state index in [1.807, 2.05) is 51.1 Å². The number of benzene rings is 3. The van der Waals surface area contributed by atoms with Crippen molar-refractivity contribution < 1.29 is 17.9 Å². The fourth-order valence-electron chi connectivity index (χ4n) is 3.69. The second-order valence-electron chi connectivity index (χ2n) is 8.40. The van der Waals surface area contributed by atoms with Gasteiger partial charge in [0.1, 0.15) is 12.4 Å². The van der Waals surface area contributed by atoms with Crippen molar-refractivity contribution in [3.8, 4) is 16.9 Å². The minimum absolute atomic E-state index is 0.0599. The number of fused-ring (bicyclic) bond motifs is 1. The van der Waals surface area contributed by atoms with Crippen LogP contribution in [0.5, 0.6) is 5.75 Å². The lowest BCUT2D eigenvalue weighted by Crippen LogP contribution is -2.42. The third-order valence-corrected chi connectivity index (χ3v) is 6.90. The number of rotatable bonds is 5. The summed E-state index contributed by atoms with van der Waals surface area (Å²) in [6.07, 6.45) is 0. The Morgan fingerprint density at radius 3 is 2.28 bits per heavy atom. The summed E-state index contributed by atoms with van der Waals surface area (Å²) in [6.45, 7) is 6.28. The van der Waals surface area contributed by atoms with Gasteiger partial charge in [0.15, 0.2) is 0 Å². The standard InChI is InChI=1S/C25H26N2O4S/c1-4-27-22-16-20(12-15-23(22)31-17-25(2,3)24(27)28)26-32(29,30)21-13-10-19(11-14-21)18-8-6-5-7-9-18/h5-16,26H,4,17H2,1-3H3. The highest BCUT2D eigenvalue weighted by molar-refractivity contribution is 7.92. The van der Waals surface area contributed by atoms with Gasteiger partial charge in [-0.1, -0.05) is 42.5 Å². The molecule has 0 saturated carbocycles. The van der Waals surface area contributed by atoms with E-state index in [0.717, 1.165) is 11.1 Å². The lowest BCUT2D eigenvalue weighted by molar-refractivity contribution is -0.127. The molecule has 6 nitrogen and oxygen atoms in total.